The van der Waals surface area contributed by atoms with Crippen LogP contribution < -0.4 is 5.32 Å². The number of hydrogen-bond donors (Lipinski definition) is 1. The Bertz CT molecular complexity index is 904. The second-order valence-corrected chi connectivity index (χ2v) is 6.15. The highest BCUT2D eigenvalue weighted by atomic mass is 32.1. The van der Waals surface area contributed by atoms with E-state index in [4.69, 9.17) is 0 Å². The lowest BCUT2D eigenvalue weighted by atomic mass is 10.1. The Morgan fingerprint density at radius 3 is 2.68 bits per heavy atom. The van der Waals surface area contributed by atoms with E-state index < -0.39 is 17.6 Å². The molecular formula is C17H12F3N3OS. The van der Waals surface area contributed by atoms with Crippen LogP contribution in [0.5, 0.6) is 0 Å². The van der Waals surface area contributed by atoms with Crippen molar-refractivity contribution in [3.8, 4) is 10.6 Å². The van der Waals surface area contributed by atoms with Gasteiger partial charge in [-0.2, -0.15) is 13.2 Å². The zero-order valence-corrected chi connectivity index (χ0v) is 13.8. The first-order valence-corrected chi connectivity index (χ1v) is 8.08. The Hall–Kier alpha value is -2.74. The number of anilines is 1. The van der Waals surface area contributed by atoms with Crippen molar-refractivity contribution in [3.63, 3.8) is 0 Å². The standard InChI is InChI=1S/C17H12F3N3OS/c1-10-5-6-14(21-8-10)23-15(24)13-9-25-16(22-13)11-3-2-4-12(7-11)17(18,19)20/h2-9H,1H3,(H,21,23,24). The summed E-state index contributed by atoms with van der Waals surface area (Å²) in [6.07, 6.45) is -2.81. The van der Waals surface area contributed by atoms with Crippen molar-refractivity contribution in [1.82, 2.24) is 9.97 Å². The summed E-state index contributed by atoms with van der Waals surface area (Å²) in [5.74, 6) is -0.0879. The average Bonchev–Trinajstić information content (AvgIpc) is 3.06. The summed E-state index contributed by atoms with van der Waals surface area (Å²) in [7, 11) is 0. The summed E-state index contributed by atoms with van der Waals surface area (Å²) < 4.78 is 38.4. The predicted molar refractivity (Wildman–Crippen MR) is 89.5 cm³/mol. The lowest BCUT2D eigenvalue weighted by Gasteiger charge is -2.07. The molecule has 1 amide bonds. The fourth-order valence-corrected chi connectivity index (χ4v) is 2.86. The molecule has 2 aromatic heterocycles. The van der Waals surface area contributed by atoms with Crippen LogP contribution in [0.4, 0.5) is 19.0 Å². The molecule has 128 valence electrons. The molecular weight excluding hydrogens is 351 g/mol. The Labute approximate surface area is 145 Å². The van der Waals surface area contributed by atoms with Crippen LogP contribution in [0, 0.1) is 6.92 Å². The molecule has 3 rings (SSSR count). The second-order valence-electron chi connectivity index (χ2n) is 5.29. The van der Waals surface area contributed by atoms with Gasteiger partial charge in [-0.05, 0) is 30.7 Å². The van der Waals surface area contributed by atoms with Crippen molar-refractivity contribution >= 4 is 23.1 Å². The lowest BCUT2D eigenvalue weighted by molar-refractivity contribution is -0.137. The number of thiazole rings is 1. The van der Waals surface area contributed by atoms with E-state index in [0.29, 0.717) is 16.4 Å². The van der Waals surface area contributed by atoms with Gasteiger partial charge in [0.05, 0.1) is 5.56 Å². The van der Waals surface area contributed by atoms with E-state index in [2.05, 4.69) is 15.3 Å². The van der Waals surface area contributed by atoms with Gasteiger partial charge >= 0.3 is 6.18 Å². The first-order valence-electron chi connectivity index (χ1n) is 7.20. The Morgan fingerprint density at radius 1 is 1.20 bits per heavy atom. The highest BCUT2D eigenvalue weighted by Gasteiger charge is 2.30. The molecule has 2 heterocycles. The number of carbonyl (C=O) groups excluding carboxylic acids is 1. The smallest absolute Gasteiger partial charge is 0.305 e. The monoisotopic (exact) mass is 363 g/mol. The fraction of sp³-hybridized carbons (Fsp3) is 0.118. The number of halogens is 3. The van der Waals surface area contributed by atoms with Crippen LogP contribution in [0.1, 0.15) is 21.6 Å². The van der Waals surface area contributed by atoms with Gasteiger partial charge < -0.3 is 5.32 Å². The third kappa shape index (κ3) is 4.03. The number of carbonyl (C=O) groups is 1. The van der Waals surface area contributed by atoms with E-state index in [1.807, 2.05) is 6.92 Å². The lowest BCUT2D eigenvalue weighted by Crippen LogP contribution is -2.13. The van der Waals surface area contributed by atoms with Crippen LogP contribution in [0.25, 0.3) is 10.6 Å². The number of rotatable bonds is 3. The summed E-state index contributed by atoms with van der Waals surface area (Å²) in [5.41, 5.74) is 0.640. The average molecular weight is 363 g/mol. The van der Waals surface area contributed by atoms with Crippen LogP contribution in [0.2, 0.25) is 0 Å². The second kappa shape index (κ2) is 6.64. The van der Waals surface area contributed by atoms with Crippen LogP contribution in [-0.4, -0.2) is 15.9 Å². The van der Waals surface area contributed by atoms with Crippen molar-refractivity contribution in [1.29, 1.82) is 0 Å². The molecule has 1 aromatic carbocycles. The van der Waals surface area contributed by atoms with Gasteiger partial charge in [0, 0.05) is 17.1 Å². The molecule has 25 heavy (non-hydrogen) atoms. The van der Waals surface area contributed by atoms with E-state index in [9.17, 15) is 18.0 Å². The maximum Gasteiger partial charge on any atom is 0.416 e. The number of amides is 1. The molecule has 0 aliphatic carbocycles. The van der Waals surface area contributed by atoms with E-state index in [-0.39, 0.29) is 5.69 Å². The number of nitrogens with one attached hydrogen (secondary N) is 1. The third-order valence-electron chi connectivity index (χ3n) is 3.33. The fourth-order valence-electron chi connectivity index (χ4n) is 2.06. The molecule has 1 N–H and O–H groups in total. The minimum atomic E-state index is -4.43. The van der Waals surface area contributed by atoms with Crippen molar-refractivity contribution < 1.29 is 18.0 Å². The van der Waals surface area contributed by atoms with E-state index in [0.717, 1.165) is 29.0 Å². The van der Waals surface area contributed by atoms with Gasteiger partial charge in [0.2, 0.25) is 0 Å². The van der Waals surface area contributed by atoms with Crippen molar-refractivity contribution in [3.05, 3.63) is 64.8 Å². The van der Waals surface area contributed by atoms with Crippen molar-refractivity contribution in [2.24, 2.45) is 0 Å². The largest absolute Gasteiger partial charge is 0.416 e. The highest BCUT2D eigenvalue weighted by molar-refractivity contribution is 7.13. The van der Waals surface area contributed by atoms with Gasteiger partial charge in [-0.15, -0.1) is 11.3 Å². The number of aromatic nitrogens is 2. The third-order valence-corrected chi connectivity index (χ3v) is 4.22. The molecule has 3 aromatic rings. The van der Waals surface area contributed by atoms with Crippen molar-refractivity contribution in [2.45, 2.75) is 13.1 Å². The quantitative estimate of drug-likeness (QED) is 0.728. The zero-order valence-electron chi connectivity index (χ0n) is 13.0. The molecule has 0 aliphatic rings. The number of alkyl halides is 3. The Balaban J connectivity index is 1.80. The van der Waals surface area contributed by atoms with Gasteiger partial charge in [0.1, 0.15) is 16.5 Å². The molecule has 0 atom stereocenters. The summed E-state index contributed by atoms with van der Waals surface area (Å²) in [6, 6.07) is 8.31. The number of nitrogens with zero attached hydrogens (tertiary/aromatic N) is 2. The zero-order chi connectivity index (χ0) is 18.0. The van der Waals surface area contributed by atoms with Crippen LogP contribution >= 0.6 is 11.3 Å². The number of pyridine rings is 1. The highest BCUT2D eigenvalue weighted by Crippen LogP contribution is 2.33. The first-order chi connectivity index (χ1) is 11.8. The van der Waals surface area contributed by atoms with E-state index >= 15 is 0 Å². The van der Waals surface area contributed by atoms with Crippen LogP contribution in [0.3, 0.4) is 0 Å². The predicted octanol–water partition coefficient (Wildman–Crippen LogP) is 4.78. The molecule has 0 spiro atoms. The molecule has 0 fully saturated rings. The molecule has 0 radical (unpaired) electrons. The summed E-state index contributed by atoms with van der Waals surface area (Å²) in [5, 5.41) is 4.44. The molecule has 0 unspecified atom stereocenters. The van der Waals surface area contributed by atoms with Gasteiger partial charge in [-0.1, -0.05) is 18.2 Å². The maximum absolute atomic E-state index is 12.8. The van der Waals surface area contributed by atoms with E-state index in [1.54, 1.807) is 18.3 Å². The van der Waals surface area contributed by atoms with Crippen LogP contribution in [0.15, 0.2) is 48.0 Å². The molecule has 8 heteroatoms. The van der Waals surface area contributed by atoms with Crippen molar-refractivity contribution in [2.75, 3.05) is 5.32 Å². The van der Waals surface area contributed by atoms with Gasteiger partial charge in [-0.3, -0.25) is 4.79 Å². The molecule has 0 saturated carbocycles. The summed E-state index contributed by atoms with van der Waals surface area (Å²) >= 11 is 1.10. The molecule has 4 nitrogen and oxygen atoms in total. The Morgan fingerprint density at radius 2 is 2.00 bits per heavy atom. The van der Waals surface area contributed by atoms with Gasteiger partial charge in [0.15, 0.2) is 0 Å². The minimum absolute atomic E-state index is 0.125. The number of aryl methyl sites for hydroxylation is 1. The minimum Gasteiger partial charge on any atom is -0.305 e. The summed E-state index contributed by atoms with van der Waals surface area (Å²) in [4.78, 5) is 20.4. The molecule has 0 saturated heterocycles. The maximum atomic E-state index is 12.8. The molecule has 0 aliphatic heterocycles. The van der Waals surface area contributed by atoms with Crippen LogP contribution in [-0.2, 0) is 6.18 Å². The topological polar surface area (TPSA) is 54.9 Å². The SMILES string of the molecule is Cc1ccc(NC(=O)c2csc(-c3cccc(C(F)(F)F)c3)n2)nc1. The van der Waals surface area contributed by atoms with E-state index in [1.165, 1.54) is 17.5 Å². The summed E-state index contributed by atoms with van der Waals surface area (Å²) in [6.45, 7) is 1.88. The van der Waals surface area contributed by atoms with Gasteiger partial charge in [0.25, 0.3) is 5.91 Å². The number of hydrogen-bond acceptors (Lipinski definition) is 4. The first kappa shape index (κ1) is 17.1. The number of benzene rings is 1. The molecule has 0 bridgehead atoms. The van der Waals surface area contributed by atoms with Gasteiger partial charge in [-0.25, -0.2) is 9.97 Å². The Kier molecular flexibility index (Phi) is 4.54. The normalized spacial score (nSPS) is 11.4.